The summed E-state index contributed by atoms with van der Waals surface area (Å²) < 4.78 is 13.8. The average molecular weight is 348 g/mol. The normalized spacial score (nSPS) is 15.6. The van der Waals surface area contributed by atoms with Crippen molar-refractivity contribution in [3.63, 3.8) is 0 Å². The second-order valence-corrected chi connectivity index (χ2v) is 6.23. The van der Waals surface area contributed by atoms with Crippen molar-refractivity contribution in [2.24, 2.45) is 0 Å². The van der Waals surface area contributed by atoms with Gasteiger partial charge in [-0.15, -0.1) is 0 Å². The number of rotatable bonds is 3. The zero-order valence-corrected chi connectivity index (χ0v) is 14.2. The Bertz CT molecular complexity index is 975. The summed E-state index contributed by atoms with van der Waals surface area (Å²) in [7, 11) is 0. The molecule has 4 rings (SSSR count). The molecule has 2 aromatic carbocycles. The van der Waals surface area contributed by atoms with Crippen molar-refractivity contribution in [1.82, 2.24) is 9.97 Å². The van der Waals surface area contributed by atoms with Crippen LogP contribution in [-0.2, 0) is 6.42 Å². The minimum absolute atomic E-state index is 0.123. The first-order valence-electron chi connectivity index (χ1n) is 8.39. The molecule has 6 heteroatoms. The number of halogens is 1. The van der Waals surface area contributed by atoms with Crippen molar-refractivity contribution < 1.29 is 9.18 Å². The molecule has 130 valence electrons. The number of para-hydroxylation sites is 2. The predicted octanol–water partition coefficient (Wildman–Crippen LogP) is 3.95. The van der Waals surface area contributed by atoms with Gasteiger partial charge in [0.2, 0.25) is 5.95 Å². The molecule has 1 atom stereocenters. The lowest BCUT2D eigenvalue weighted by atomic mass is 10.1. The fourth-order valence-electron chi connectivity index (χ4n) is 3.21. The zero-order chi connectivity index (χ0) is 18.1. The van der Waals surface area contributed by atoms with E-state index < -0.39 is 11.7 Å². The third-order valence-corrected chi connectivity index (χ3v) is 4.42. The minimum Gasteiger partial charge on any atom is -0.318 e. The number of carbonyl (C=O) groups excluding carboxylic acids is 1. The summed E-state index contributed by atoms with van der Waals surface area (Å²) in [6.07, 6.45) is 2.44. The van der Waals surface area contributed by atoms with Crippen LogP contribution in [0, 0.1) is 5.82 Å². The smallest absolute Gasteiger partial charge is 0.274 e. The average Bonchev–Trinajstić information content (AvgIpc) is 2.99. The molecular formula is C20H17FN4O. The highest BCUT2D eigenvalue weighted by atomic mass is 19.1. The lowest BCUT2D eigenvalue weighted by Crippen LogP contribution is -2.27. The number of nitrogens with one attached hydrogen (secondary N) is 1. The Balaban J connectivity index is 1.63. The summed E-state index contributed by atoms with van der Waals surface area (Å²) in [6, 6.07) is 15.8. The molecule has 0 spiro atoms. The number of fused-ring (bicyclic) bond motifs is 1. The van der Waals surface area contributed by atoms with Crippen molar-refractivity contribution in [1.29, 1.82) is 0 Å². The highest BCUT2D eigenvalue weighted by molar-refractivity contribution is 6.03. The van der Waals surface area contributed by atoms with Gasteiger partial charge in [0.05, 0.1) is 5.69 Å². The van der Waals surface area contributed by atoms with Gasteiger partial charge in [-0.1, -0.05) is 30.3 Å². The SMILES string of the molecule is CC1Cc2ccccc2N1c1nccc(C(=O)Nc2ccccc2F)n1. The Kier molecular flexibility index (Phi) is 4.08. The fraction of sp³-hybridized carbons (Fsp3) is 0.150. The van der Waals surface area contributed by atoms with E-state index in [0.29, 0.717) is 5.95 Å². The molecule has 0 bridgehead atoms. The second-order valence-electron chi connectivity index (χ2n) is 6.23. The number of hydrogen-bond donors (Lipinski definition) is 1. The van der Waals surface area contributed by atoms with Crippen LogP contribution in [0.1, 0.15) is 23.0 Å². The van der Waals surface area contributed by atoms with Gasteiger partial charge in [0.25, 0.3) is 5.91 Å². The van der Waals surface area contributed by atoms with Crippen LogP contribution >= 0.6 is 0 Å². The molecule has 0 saturated carbocycles. The summed E-state index contributed by atoms with van der Waals surface area (Å²) in [6.45, 7) is 2.09. The zero-order valence-electron chi connectivity index (χ0n) is 14.2. The molecule has 1 amide bonds. The number of carbonyl (C=O) groups is 1. The van der Waals surface area contributed by atoms with Gasteiger partial charge in [-0.05, 0) is 43.2 Å². The van der Waals surface area contributed by atoms with Crippen LogP contribution in [0.4, 0.5) is 21.7 Å². The molecule has 5 nitrogen and oxygen atoms in total. The molecular weight excluding hydrogens is 331 g/mol. The fourth-order valence-corrected chi connectivity index (χ4v) is 3.21. The first-order valence-corrected chi connectivity index (χ1v) is 8.39. The van der Waals surface area contributed by atoms with E-state index in [9.17, 15) is 9.18 Å². The van der Waals surface area contributed by atoms with E-state index in [4.69, 9.17) is 0 Å². The lowest BCUT2D eigenvalue weighted by molar-refractivity contribution is 0.102. The molecule has 3 aromatic rings. The van der Waals surface area contributed by atoms with E-state index >= 15 is 0 Å². The quantitative estimate of drug-likeness (QED) is 0.779. The number of benzene rings is 2. The Morgan fingerprint density at radius 3 is 2.77 bits per heavy atom. The Hall–Kier alpha value is -3.28. The highest BCUT2D eigenvalue weighted by Gasteiger charge is 2.29. The summed E-state index contributed by atoms with van der Waals surface area (Å²) in [4.78, 5) is 23.2. The van der Waals surface area contributed by atoms with Gasteiger partial charge in [0, 0.05) is 17.9 Å². The second kappa shape index (κ2) is 6.55. The molecule has 0 radical (unpaired) electrons. The van der Waals surface area contributed by atoms with Crippen molar-refractivity contribution in [3.8, 4) is 0 Å². The van der Waals surface area contributed by atoms with Crippen LogP contribution in [0.2, 0.25) is 0 Å². The van der Waals surface area contributed by atoms with Crippen LogP contribution in [0.25, 0.3) is 0 Å². The van der Waals surface area contributed by atoms with Gasteiger partial charge in [0.1, 0.15) is 11.5 Å². The summed E-state index contributed by atoms with van der Waals surface area (Å²) in [5.74, 6) is -0.500. The van der Waals surface area contributed by atoms with Crippen LogP contribution < -0.4 is 10.2 Å². The number of amides is 1. The van der Waals surface area contributed by atoms with Gasteiger partial charge in [-0.3, -0.25) is 4.79 Å². The van der Waals surface area contributed by atoms with Crippen LogP contribution in [0.5, 0.6) is 0 Å². The molecule has 1 aliphatic heterocycles. The van der Waals surface area contributed by atoms with Crippen LogP contribution in [0.3, 0.4) is 0 Å². The summed E-state index contributed by atoms with van der Waals surface area (Å²) in [5.41, 5.74) is 2.59. The van der Waals surface area contributed by atoms with Gasteiger partial charge in [-0.2, -0.15) is 0 Å². The molecule has 0 fully saturated rings. The topological polar surface area (TPSA) is 58.1 Å². The Morgan fingerprint density at radius 1 is 1.15 bits per heavy atom. The molecule has 2 heterocycles. The minimum atomic E-state index is -0.489. The standard InChI is InChI=1S/C20H17FN4O/c1-13-12-14-6-2-5-9-18(14)25(13)20-22-11-10-17(24-20)19(26)23-16-8-4-3-7-15(16)21/h2-11,13H,12H2,1H3,(H,23,26). The summed E-state index contributed by atoms with van der Waals surface area (Å²) in [5, 5.41) is 2.55. The molecule has 1 aliphatic rings. The van der Waals surface area contributed by atoms with Gasteiger partial charge in [-0.25, -0.2) is 14.4 Å². The van der Waals surface area contributed by atoms with Gasteiger partial charge < -0.3 is 10.2 Å². The van der Waals surface area contributed by atoms with E-state index in [1.165, 1.54) is 23.8 Å². The first kappa shape index (κ1) is 16.2. The third kappa shape index (κ3) is 2.90. The molecule has 1 N–H and O–H groups in total. The lowest BCUT2D eigenvalue weighted by Gasteiger charge is -2.22. The maximum absolute atomic E-state index is 13.8. The number of anilines is 3. The van der Waals surface area contributed by atoms with E-state index in [1.54, 1.807) is 18.3 Å². The Morgan fingerprint density at radius 2 is 1.92 bits per heavy atom. The van der Waals surface area contributed by atoms with Crippen molar-refractivity contribution in [2.45, 2.75) is 19.4 Å². The van der Waals surface area contributed by atoms with Gasteiger partial charge >= 0.3 is 0 Å². The van der Waals surface area contributed by atoms with Crippen molar-refractivity contribution in [2.75, 3.05) is 10.2 Å². The number of nitrogens with zero attached hydrogens (tertiary/aromatic N) is 3. The maximum atomic E-state index is 13.8. The third-order valence-electron chi connectivity index (χ3n) is 4.42. The predicted molar refractivity (Wildman–Crippen MR) is 98.1 cm³/mol. The molecule has 26 heavy (non-hydrogen) atoms. The molecule has 1 aromatic heterocycles. The first-order chi connectivity index (χ1) is 12.6. The van der Waals surface area contributed by atoms with Crippen LogP contribution in [0.15, 0.2) is 60.8 Å². The molecule has 0 saturated heterocycles. The number of hydrogen-bond acceptors (Lipinski definition) is 4. The maximum Gasteiger partial charge on any atom is 0.274 e. The van der Waals surface area contributed by atoms with E-state index in [2.05, 4.69) is 28.3 Å². The number of aromatic nitrogens is 2. The highest BCUT2D eigenvalue weighted by Crippen LogP contribution is 2.36. The monoisotopic (exact) mass is 348 g/mol. The van der Waals surface area contributed by atoms with Gasteiger partial charge in [0.15, 0.2) is 0 Å². The van der Waals surface area contributed by atoms with Crippen molar-refractivity contribution >= 4 is 23.2 Å². The van der Waals surface area contributed by atoms with Crippen LogP contribution in [-0.4, -0.2) is 21.9 Å². The largest absolute Gasteiger partial charge is 0.318 e. The Labute approximate surface area is 150 Å². The van der Waals surface area contributed by atoms with E-state index in [1.807, 2.05) is 23.1 Å². The van der Waals surface area contributed by atoms with Crippen molar-refractivity contribution in [3.05, 3.63) is 77.9 Å². The molecule has 0 aliphatic carbocycles. The summed E-state index contributed by atoms with van der Waals surface area (Å²) >= 11 is 0. The van der Waals surface area contributed by atoms with E-state index in [-0.39, 0.29) is 17.4 Å². The molecule has 1 unspecified atom stereocenters. The van der Waals surface area contributed by atoms with E-state index in [0.717, 1.165) is 12.1 Å².